The van der Waals surface area contributed by atoms with Crippen molar-refractivity contribution in [2.45, 2.75) is 59.4 Å². The van der Waals surface area contributed by atoms with Crippen LogP contribution in [0.1, 0.15) is 52.2 Å². The number of likely N-dealkylation sites (N-methyl/N-ethyl adjacent to an activating group) is 1. The number of nitrogen functional groups attached to an aromatic ring is 1. The Morgan fingerprint density at radius 2 is 1.60 bits per heavy atom. The van der Waals surface area contributed by atoms with Gasteiger partial charge in [0.05, 0.1) is 5.69 Å². The lowest BCUT2D eigenvalue weighted by molar-refractivity contribution is 0.135. The molecule has 25 heavy (non-hydrogen) atoms. The zero-order valence-electron chi connectivity index (χ0n) is 16.3. The van der Waals surface area contributed by atoms with E-state index in [0.717, 1.165) is 49.2 Å². The Morgan fingerprint density at radius 3 is 2.16 bits per heavy atom. The first-order chi connectivity index (χ1) is 11.9. The van der Waals surface area contributed by atoms with E-state index in [0.29, 0.717) is 5.82 Å². The summed E-state index contributed by atoms with van der Waals surface area (Å²) in [5.41, 5.74) is 10.8. The first-order valence-corrected chi connectivity index (χ1v) is 9.38. The minimum atomic E-state index is 0.0249. The second-order valence-electron chi connectivity index (χ2n) is 7.17. The lowest BCUT2D eigenvalue weighted by Gasteiger charge is -2.38. The summed E-state index contributed by atoms with van der Waals surface area (Å²) in [6.07, 6.45) is 2.91. The maximum Gasteiger partial charge on any atom is 0.149 e. The molecule has 0 radical (unpaired) electrons. The van der Waals surface area contributed by atoms with Crippen LogP contribution >= 0.6 is 0 Å². The molecule has 0 amide bonds. The Bertz CT molecular complexity index is 676. The third kappa shape index (κ3) is 4.37. The summed E-state index contributed by atoms with van der Waals surface area (Å²) >= 11 is 0. The fraction of sp³-hybridized carbons (Fsp3) is 0.524. The number of benzene rings is 1. The molecule has 1 heterocycles. The standard InChI is InChI=1S/C21H32N4/c1-6-12-17-18(15-21(4,5)25(7-2)8-3)20(22)24-23-19(17)16-13-10-9-11-14-16/h9-11,13-14H,6-8,12,15H2,1-5H3,(H2,22,24). The molecule has 1 aromatic heterocycles. The number of anilines is 1. The van der Waals surface area contributed by atoms with Crippen LogP contribution in [0.15, 0.2) is 30.3 Å². The number of hydrogen-bond donors (Lipinski definition) is 1. The third-order valence-electron chi connectivity index (χ3n) is 4.99. The van der Waals surface area contributed by atoms with Crippen molar-refractivity contribution in [3.05, 3.63) is 41.5 Å². The van der Waals surface area contributed by atoms with Gasteiger partial charge in [0.1, 0.15) is 5.82 Å². The predicted molar refractivity (Wildman–Crippen MR) is 107 cm³/mol. The largest absolute Gasteiger partial charge is 0.382 e. The Balaban J connectivity index is 2.53. The van der Waals surface area contributed by atoms with Crippen molar-refractivity contribution in [3.8, 4) is 11.3 Å². The van der Waals surface area contributed by atoms with Gasteiger partial charge in [-0.3, -0.25) is 4.90 Å². The smallest absolute Gasteiger partial charge is 0.149 e. The SMILES string of the molecule is CCCc1c(-c2ccccc2)nnc(N)c1CC(C)(C)N(CC)CC. The molecule has 4 nitrogen and oxygen atoms in total. The predicted octanol–water partition coefficient (Wildman–Crippen LogP) is 4.34. The zero-order chi connectivity index (χ0) is 18.4. The van der Waals surface area contributed by atoms with E-state index < -0.39 is 0 Å². The fourth-order valence-corrected chi connectivity index (χ4v) is 3.69. The molecule has 0 spiro atoms. The summed E-state index contributed by atoms with van der Waals surface area (Å²) in [7, 11) is 0. The van der Waals surface area contributed by atoms with E-state index in [1.807, 2.05) is 18.2 Å². The van der Waals surface area contributed by atoms with Gasteiger partial charge in [-0.25, -0.2) is 0 Å². The van der Waals surface area contributed by atoms with Gasteiger partial charge in [-0.1, -0.05) is 57.5 Å². The average Bonchev–Trinajstić information content (AvgIpc) is 2.60. The van der Waals surface area contributed by atoms with Crippen molar-refractivity contribution < 1.29 is 0 Å². The van der Waals surface area contributed by atoms with E-state index in [-0.39, 0.29) is 5.54 Å². The van der Waals surface area contributed by atoms with Gasteiger partial charge in [0.2, 0.25) is 0 Å². The minimum Gasteiger partial charge on any atom is -0.382 e. The van der Waals surface area contributed by atoms with Gasteiger partial charge in [-0.15, -0.1) is 10.2 Å². The van der Waals surface area contributed by atoms with Crippen LogP contribution in [0, 0.1) is 0 Å². The lowest BCUT2D eigenvalue weighted by Crippen LogP contribution is -2.45. The molecule has 0 aliphatic rings. The van der Waals surface area contributed by atoms with Gasteiger partial charge in [-0.05, 0) is 45.3 Å². The van der Waals surface area contributed by atoms with E-state index in [9.17, 15) is 0 Å². The summed E-state index contributed by atoms with van der Waals surface area (Å²) in [6, 6.07) is 10.3. The van der Waals surface area contributed by atoms with Gasteiger partial charge in [0, 0.05) is 16.7 Å². The maximum atomic E-state index is 6.30. The molecule has 0 bridgehead atoms. The number of nitrogens with zero attached hydrogens (tertiary/aromatic N) is 3. The van der Waals surface area contributed by atoms with Gasteiger partial charge in [-0.2, -0.15) is 0 Å². The van der Waals surface area contributed by atoms with Crippen molar-refractivity contribution in [1.29, 1.82) is 0 Å². The number of aromatic nitrogens is 2. The van der Waals surface area contributed by atoms with Crippen molar-refractivity contribution in [2.24, 2.45) is 0 Å². The number of hydrogen-bond acceptors (Lipinski definition) is 4. The lowest BCUT2D eigenvalue weighted by atomic mass is 9.88. The van der Waals surface area contributed by atoms with Crippen LogP contribution in [0.3, 0.4) is 0 Å². The summed E-state index contributed by atoms with van der Waals surface area (Å²) in [6.45, 7) is 13.2. The zero-order valence-corrected chi connectivity index (χ0v) is 16.3. The van der Waals surface area contributed by atoms with Gasteiger partial charge >= 0.3 is 0 Å². The van der Waals surface area contributed by atoms with Gasteiger partial charge < -0.3 is 5.73 Å². The number of rotatable bonds is 8. The van der Waals surface area contributed by atoms with Crippen molar-refractivity contribution >= 4 is 5.82 Å². The molecule has 2 aromatic rings. The molecule has 2 rings (SSSR count). The molecule has 0 aliphatic carbocycles. The molecule has 1 aromatic carbocycles. The van der Waals surface area contributed by atoms with E-state index in [1.54, 1.807) is 0 Å². The highest BCUT2D eigenvalue weighted by Crippen LogP contribution is 2.31. The molecule has 0 aliphatic heterocycles. The van der Waals surface area contributed by atoms with Gasteiger partial charge in [0.25, 0.3) is 0 Å². The quantitative estimate of drug-likeness (QED) is 0.776. The van der Waals surface area contributed by atoms with Crippen LogP contribution in [0.2, 0.25) is 0 Å². The van der Waals surface area contributed by atoms with Crippen LogP contribution in [-0.4, -0.2) is 33.7 Å². The third-order valence-corrected chi connectivity index (χ3v) is 4.99. The average molecular weight is 341 g/mol. The summed E-state index contributed by atoms with van der Waals surface area (Å²) in [4.78, 5) is 2.48. The van der Waals surface area contributed by atoms with Crippen LogP contribution < -0.4 is 5.73 Å². The highest BCUT2D eigenvalue weighted by molar-refractivity contribution is 5.66. The second-order valence-corrected chi connectivity index (χ2v) is 7.17. The normalized spacial score (nSPS) is 11.9. The van der Waals surface area contributed by atoms with Crippen molar-refractivity contribution in [1.82, 2.24) is 15.1 Å². The van der Waals surface area contributed by atoms with Crippen molar-refractivity contribution in [2.75, 3.05) is 18.8 Å². The maximum absolute atomic E-state index is 6.30. The Hall–Kier alpha value is -1.94. The Labute approximate surface area is 152 Å². The highest BCUT2D eigenvalue weighted by Gasteiger charge is 2.28. The molecule has 2 N–H and O–H groups in total. The Morgan fingerprint density at radius 1 is 0.960 bits per heavy atom. The van der Waals surface area contributed by atoms with Gasteiger partial charge in [0.15, 0.2) is 0 Å². The monoisotopic (exact) mass is 340 g/mol. The molecule has 0 saturated carbocycles. The molecule has 4 heteroatoms. The van der Waals surface area contributed by atoms with Crippen LogP contribution in [0.5, 0.6) is 0 Å². The van der Waals surface area contributed by atoms with E-state index >= 15 is 0 Å². The summed E-state index contributed by atoms with van der Waals surface area (Å²) in [5, 5.41) is 8.76. The fourth-order valence-electron chi connectivity index (χ4n) is 3.69. The van der Waals surface area contributed by atoms with E-state index in [1.165, 1.54) is 5.56 Å². The molecule has 0 saturated heterocycles. The first-order valence-electron chi connectivity index (χ1n) is 9.38. The van der Waals surface area contributed by atoms with Crippen LogP contribution in [0.25, 0.3) is 11.3 Å². The summed E-state index contributed by atoms with van der Waals surface area (Å²) in [5.74, 6) is 0.573. The molecular weight excluding hydrogens is 308 g/mol. The summed E-state index contributed by atoms with van der Waals surface area (Å²) < 4.78 is 0. The molecular formula is C21H32N4. The molecule has 0 atom stereocenters. The van der Waals surface area contributed by atoms with Crippen LogP contribution in [-0.2, 0) is 12.8 Å². The molecule has 0 fully saturated rings. The topological polar surface area (TPSA) is 55.0 Å². The van der Waals surface area contributed by atoms with Crippen molar-refractivity contribution in [3.63, 3.8) is 0 Å². The second kappa shape index (κ2) is 8.43. The molecule has 0 unspecified atom stereocenters. The number of nitrogens with two attached hydrogens (primary N) is 1. The first kappa shape index (κ1) is 19.4. The van der Waals surface area contributed by atoms with E-state index in [4.69, 9.17) is 5.73 Å². The molecule has 136 valence electrons. The minimum absolute atomic E-state index is 0.0249. The Kier molecular flexibility index (Phi) is 6.54. The highest BCUT2D eigenvalue weighted by atomic mass is 15.2. The van der Waals surface area contributed by atoms with Crippen LogP contribution in [0.4, 0.5) is 5.82 Å². The van der Waals surface area contributed by atoms with E-state index in [2.05, 4.69) is 61.8 Å².